The molecule has 6 heteroatoms. The lowest BCUT2D eigenvalue weighted by Gasteiger charge is -2.07. The first kappa shape index (κ1) is 27.3. The number of ether oxygens (including phenoxy) is 3. The monoisotopic (exact) mass is 444 g/mol. The first-order valence-corrected chi connectivity index (χ1v) is 10.9. The van der Waals surface area contributed by atoms with Crippen molar-refractivity contribution >= 4 is 11.9 Å². The fourth-order valence-corrected chi connectivity index (χ4v) is 2.82. The Morgan fingerprint density at radius 3 is 2.00 bits per heavy atom. The lowest BCUT2D eigenvalue weighted by Crippen LogP contribution is -2.07. The third kappa shape index (κ3) is 12.9. The summed E-state index contributed by atoms with van der Waals surface area (Å²) in [6, 6.07) is 14.7. The third-order valence-corrected chi connectivity index (χ3v) is 4.81. The van der Waals surface area contributed by atoms with Crippen LogP contribution >= 0.6 is 0 Å². The predicted octanol–water partition coefficient (Wildman–Crippen LogP) is 4.45. The molecule has 0 aliphatic rings. The number of aliphatic carboxylic acids is 1. The van der Waals surface area contributed by atoms with E-state index in [1.165, 1.54) is 34.9 Å². The van der Waals surface area contributed by atoms with E-state index in [2.05, 4.69) is 68.0 Å². The van der Waals surface area contributed by atoms with Crippen LogP contribution in [0.2, 0.25) is 0 Å². The fourth-order valence-electron chi connectivity index (χ4n) is 2.82. The number of carbonyl (C=O) groups is 2. The number of carboxylic acid groups (broad SMARTS) is 1. The van der Waals surface area contributed by atoms with E-state index in [1.807, 2.05) is 0 Å². The molecule has 0 heterocycles. The van der Waals surface area contributed by atoms with Gasteiger partial charge in [-0.25, -0.2) is 0 Å². The van der Waals surface area contributed by atoms with Gasteiger partial charge in [-0.3, -0.25) is 9.59 Å². The molecule has 6 nitrogen and oxygen atoms in total. The Kier molecular flexibility index (Phi) is 13.7. The second kappa shape index (κ2) is 16.0. The number of benzene rings is 2. The van der Waals surface area contributed by atoms with Crippen LogP contribution in [0.4, 0.5) is 0 Å². The first-order valence-electron chi connectivity index (χ1n) is 10.9. The van der Waals surface area contributed by atoms with Crippen molar-refractivity contribution in [3.8, 4) is 0 Å². The maximum atomic E-state index is 10.8. The summed E-state index contributed by atoms with van der Waals surface area (Å²) < 4.78 is 15.1. The summed E-state index contributed by atoms with van der Waals surface area (Å²) >= 11 is 0. The van der Waals surface area contributed by atoms with Crippen molar-refractivity contribution in [2.24, 2.45) is 0 Å². The van der Waals surface area contributed by atoms with Crippen molar-refractivity contribution in [2.45, 2.75) is 46.5 Å². The molecule has 0 spiro atoms. The van der Waals surface area contributed by atoms with E-state index >= 15 is 0 Å². The van der Waals surface area contributed by atoms with E-state index in [0.717, 1.165) is 12.8 Å². The van der Waals surface area contributed by atoms with E-state index in [0.29, 0.717) is 32.8 Å². The van der Waals surface area contributed by atoms with Crippen LogP contribution in [0.1, 0.15) is 40.7 Å². The van der Waals surface area contributed by atoms with Crippen molar-refractivity contribution in [3.63, 3.8) is 0 Å². The van der Waals surface area contributed by atoms with E-state index in [1.54, 1.807) is 0 Å². The molecule has 2 rings (SSSR count). The van der Waals surface area contributed by atoms with Crippen LogP contribution in [-0.2, 0) is 36.6 Å². The average Bonchev–Trinajstić information content (AvgIpc) is 2.77. The van der Waals surface area contributed by atoms with Crippen LogP contribution in [0.15, 0.2) is 42.5 Å². The smallest absolute Gasteiger partial charge is 0.307 e. The summed E-state index contributed by atoms with van der Waals surface area (Å²) in [6.07, 6.45) is 2.12. The topological polar surface area (TPSA) is 82.1 Å². The molecular formula is C26H36O6. The number of methoxy groups -OCH3 is 1. The summed E-state index contributed by atoms with van der Waals surface area (Å²) in [5.41, 5.74) is 6.29. The Morgan fingerprint density at radius 2 is 1.38 bits per heavy atom. The Labute approximate surface area is 191 Å². The summed E-state index contributed by atoms with van der Waals surface area (Å²) in [7, 11) is 1.38. The standard InChI is InChI=1S/2C13H18O3/c1-11-3-5-12(6-4-11)7-9-16-10-8-13(14)15-2;1-10-3-4-11(2)12(9-10)5-7-16-8-6-13(14)15/h3-6H,7-10H2,1-2H3;3-4,9H,5-8H2,1-2H3,(H,14,15). The fraction of sp³-hybridized carbons (Fsp3) is 0.462. The Hall–Kier alpha value is -2.70. The number of carboxylic acids is 1. The number of rotatable bonds is 12. The molecular weight excluding hydrogens is 408 g/mol. The zero-order valence-corrected chi connectivity index (χ0v) is 19.7. The van der Waals surface area contributed by atoms with Gasteiger partial charge < -0.3 is 19.3 Å². The first-order chi connectivity index (χ1) is 15.3. The van der Waals surface area contributed by atoms with Gasteiger partial charge in [0.15, 0.2) is 0 Å². The summed E-state index contributed by atoms with van der Waals surface area (Å²) in [6.45, 7) is 8.15. The molecule has 0 aliphatic carbocycles. The van der Waals surface area contributed by atoms with Crippen LogP contribution in [-0.4, -0.2) is 50.6 Å². The number of hydrogen-bond donors (Lipinski definition) is 1. The zero-order valence-electron chi connectivity index (χ0n) is 19.7. The number of aryl methyl sites for hydroxylation is 3. The molecule has 0 fully saturated rings. The van der Waals surface area contributed by atoms with Crippen LogP contribution in [0.3, 0.4) is 0 Å². The van der Waals surface area contributed by atoms with Gasteiger partial charge in [0, 0.05) is 0 Å². The third-order valence-electron chi connectivity index (χ3n) is 4.81. The van der Waals surface area contributed by atoms with Crippen LogP contribution < -0.4 is 0 Å². The zero-order chi connectivity index (χ0) is 23.8. The highest BCUT2D eigenvalue weighted by Gasteiger charge is 2.01. The SMILES string of the molecule is COC(=O)CCOCCc1ccc(C)cc1.Cc1ccc(C)c(CCOCCC(=O)O)c1. The van der Waals surface area contributed by atoms with Gasteiger partial charge in [-0.1, -0.05) is 53.6 Å². The molecule has 0 amide bonds. The van der Waals surface area contributed by atoms with Gasteiger partial charge in [0.05, 0.1) is 46.4 Å². The molecule has 0 bridgehead atoms. The number of esters is 1. The molecule has 0 saturated heterocycles. The molecule has 0 atom stereocenters. The summed E-state index contributed by atoms with van der Waals surface area (Å²) in [5, 5.41) is 8.43. The van der Waals surface area contributed by atoms with Gasteiger partial charge >= 0.3 is 11.9 Å². The predicted molar refractivity (Wildman–Crippen MR) is 125 cm³/mol. The summed E-state index contributed by atoms with van der Waals surface area (Å²) in [5.74, 6) is -1.04. The van der Waals surface area contributed by atoms with Crippen LogP contribution in [0.25, 0.3) is 0 Å². The lowest BCUT2D eigenvalue weighted by atomic mass is 10.0. The number of carbonyl (C=O) groups excluding carboxylic acids is 1. The lowest BCUT2D eigenvalue weighted by molar-refractivity contribution is -0.142. The van der Waals surface area contributed by atoms with Gasteiger partial charge in [0.2, 0.25) is 0 Å². The van der Waals surface area contributed by atoms with Crippen molar-refractivity contribution in [2.75, 3.05) is 33.5 Å². The van der Waals surface area contributed by atoms with Crippen molar-refractivity contribution in [1.82, 2.24) is 0 Å². The van der Waals surface area contributed by atoms with Gasteiger partial charge in [-0.05, 0) is 50.3 Å². The maximum absolute atomic E-state index is 10.8. The molecule has 0 saturated carbocycles. The second-order valence-electron chi connectivity index (χ2n) is 7.61. The maximum Gasteiger partial charge on any atom is 0.307 e. The largest absolute Gasteiger partial charge is 0.481 e. The molecule has 0 aliphatic heterocycles. The molecule has 0 radical (unpaired) electrons. The molecule has 1 N–H and O–H groups in total. The molecule has 0 unspecified atom stereocenters. The van der Waals surface area contributed by atoms with E-state index in [9.17, 15) is 9.59 Å². The van der Waals surface area contributed by atoms with E-state index in [-0.39, 0.29) is 12.4 Å². The Bertz CT molecular complexity index is 814. The minimum Gasteiger partial charge on any atom is -0.481 e. The minimum atomic E-state index is -0.813. The van der Waals surface area contributed by atoms with Gasteiger partial charge in [0.25, 0.3) is 0 Å². The molecule has 2 aromatic carbocycles. The Morgan fingerprint density at radius 1 is 0.781 bits per heavy atom. The minimum absolute atomic E-state index is 0.0762. The van der Waals surface area contributed by atoms with Gasteiger partial charge in [-0.15, -0.1) is 0 Å². The van der Waals surface area contributed by atoms with Gasteiger partial charge in [0.1, 0.15) is 0 Å². The normalized spacial score (nSPS) is 10.2. The van der Waals surface area contributed by atoms with Crippen LogP contribution in [0.5, 0.6) is 0 Å². The average molecular weight is 445 g/mol. The molecule has 2 aromatic rings. The van der Waals surface area contributed by atoms with Crippen molar-refractivity contribution < 1.29 is 28.9 Å². The molecule has 0 aromatic heterocycles. The molecule has 176 valence electrons. The highest BCUT2D eigenvalue weighted by molar-refractivity contribution is 5.69. The van der Waals surface area contributed by atoms with Crippen molar-refractivity contribution in [3.05, 3.63) is 70.3 Å². The van der Waals surface area contributed by atoms with E-state index in [4.69, 9.17) is 14.6 Å². The van der Waals surface area contributed by atoms with Crippen molar-refractivity contribution in [1.29, 1.82) is 0 Å². The second-order valence-corrected chi connectivity index (χ2v) is 7.61. The van der Waals surface area contributed by atoms with E-state index < -0.39 is 5.97 Å². The summed E-state index contributed by atoms with van der Waals surface area (Å²) in [4.78, 5) is 21.0. The highest BCUT2D eigenvalue weighted by atomic mass is 16.5. The Balaban J connectivity index is 0.000000320. The molecule has 32 heavy (non-hydrogen) atoms. The highest BCUT2D eigenvalue weighted by Crippen LogP contribution is 2.11. The van der Waals surface area contributed by atoms with Crippen LogP contribution in [0, 0.1) is 20.8 Å². The number of hydrogen-bond acceptors (Lipinski definition) is 5. The quantitative estimate of drug-likeness (QED) is 0.385. The van der Waals surface area contributed by atoms with Gasteiger partial charge in [-0.2, -0.15) is 0 Å².